The van der Waals surface area contributed by atoms with Gasteiger partial charge in [-0.05, 0) is 0 Å². The molecule has 1 aromatic carbocycles. The lowest BCUT2D eigenvalue weighted by molar-refractivity contribution is -0.384. The molecule has 0 unspecified atom stereocenters. The van der Waals surface area contributed by atoms with Gasteiger partial charge in [0, 0.05) is 17.7 Å². The summed E-state index contributed by atoms with van der Waals surface area (Å²) in [5, 5.41) is 14.8. The first-order valence-electron chi connectivity index (χ1n) is 5.78. The van der Waals surface area contributed by atoms with E-state index in [0.29, 0.717) is 11.8 Å². The number of nitrogens with zero attached hydrogens (tertiary/aromatic N) is 3. The van der Waals surface area contributed by atoms with Crippen molar-refractivity contribution in [3.8, 4) is 11.3 Å². The molecule has 21 heavy (non-hydrogen) atoms. The minimum Gasteiger partial charge on any atom is -0.383 e. The molecule has 1 aromatic heterocycles. The Morgan fingerprint density at radius 1 is 1.48 bits per heavy atom. The molecule has 0 radical (unpaired) electrons. The highest BCUT2D eigenvalue weighted by atomic mass is 16.6. The van der Waals surface area contributed by atoms with E-state index < -0.39 is 10.8 Å². The third-order valence-electron chi connectivity index (χ3n) is 2.78. The van der Waals surface area contributed by atoms with Crippen molar-refractivity contribution in [3.63, 3.8) is 0 Å². The number of nitro benzene ring substituents is 1. The molecule has 0 saturated heterocycles. The Morgan fingerprint density at radius 3 is 2.76 bits per heavy atom. The van der Waals surface area contributed by atoms with Crippen LogP contribution in [0.2, 0.25) is 0 Å². The van der Waals surface area contributed by atoms with Gasteiger partial charge in [-0.25, -0.2) is 4.68 Å². The molecule has 9 nitrogen and oxygen atoms in total. The van der Waals surface area contributed by atoms with Gasteiger partial charge in [-0.15, -0.1) is 0 Å². The van der Waals surface area contributed by atoms with Gasteiger partial charge in [0.2, 0.25) is 5.91 Å². The van der Waals surface area contributed by atoms with E-state index >= 15 is 0 Å². The molecule has 0 atom stereocenters. The Labute approximate surface area is 118 Å². The molecule has 2 rings (SSSR count). The van der Waals surface area contributed by atoms with Gasteiger partial charge in [0.05, 0.1) is 10.5 Å². The van der Waals surface area contributed by atoms with Gasteiger partial charge in [0.1, 0.15) is 18.1 Å². The van der Waals surface area contributed by atoms with Crippen LogP contribution in [0.5, 0.6) is 0 Å². The maximum Gasteiger partial charge on any atom is 0.270 e. The van der Waals surface area contributed by atoms with Gasteiger partial charge in [0.15, 0.2) is 6.29 Å². The average Bonchev–Trinajstić information content (AvgIpc) is 2.75. The average molecular weight is 289 g/mol. The topological polar surface area (TPSA) is 147 Å². The summed E-state index contributed by atoms with van der Waals surface area (Å²) < 4.78 is 1.08. The fourth-order valence-electron chi connectivity index (χ4n) is 1.85. The fourth-order valence-corrected chi connectivity index (χ4v) is 1.85. The summed E-state index contributed by atoms with van der Waals surface area (Å²) in [5.41, 5.74) is 11.2. The van der Waals surface area contributed by atoms with Crippen molar-refractivity contribution in [1.82, 2.24) is 9.78 Å². The second kappa shape index (κ2) is 5.41. The standard InChI is InChI=1S/C12H11N5O4/c13-10(19)5-16-12(14)9(6-18)11(15-16)7-2-1-3-8(4-7)17(20)21/h1-4,6H,5,14H2,(H2,13,19). The normalized spacial score (nSPS) is 10.3. The van der Waals surface area contributed by atoms with Crippen LogP contribution in [-0.2, 0) is 11.3 Å². The number of anilines is 1. The van der Waals surface area contributed by atoms with Crippen LogP contribution >= 0.6 is 0 Å². The van der Waals surface area contributed by atoms with Gasteiger partial charge in [-0.3, -0.25) is 19.7 Å². The number of non-ortho nitro benzene ring substituents is 1. The number of amides is 1. The van der Waals surface area contributed by atoms with Crippen LogP contribution in [0.4, 0.5) is 11.5 Å². The summed E-state index contributed by atoms with van der Waals surface area (Å²) >= 11 is 0. The van der Waals surface area contributed by atoms with E-state index in [1.54, 1.807) is 6.07 Å². The van der Waals surface area contributed by atoms with Gasteiger partial charge in [0.25, 0.3) is 5.69 Å². The number of aldehydes is 1. The lowest BCUT2D eigenvalue weighted by Crippen LogP contribution is -2.20. The second-order valence-corrected chi connectivity index (χ2v) is 4.20. The van der Waals surface area contributed by atoms with Crippen LogP contribution < -0.4 is 11.5 Å². The molecule has 0 aliphatic heterocycles. The predicted octanol–water partition coefficient (Wildman–Crippen LogP) is 0.338. The molecule has 0 bridgehead atoms. The smallest absolute Gasteiger partial charge is 0.270 e. The minimum absolute atomic E-state index is 0.0229. The Kier molecular flexibility index (Phi) is 3.65. The van der Waals surface area contributed by atoms with E-state index in [2.05, 4.69) is 5.10 Å². The molecule has 0 spiro atoms. The summed E-state index contributed by atoms with van der Waals surface area (Å²) in [5.74, 6) is -0.697. The molecular weight excluding hydrogens is 278 g/mol. The third kappa shape index (κ3) is 2.71. The van der Waals surface area contributed by atoms with Gasteiger partial charge in [-0.1, -0.05) is 12.1 Å². The van der Waals surface area contributed by atoms with Crippen molar-refractivity contribution in [3.05, 3.63) is 39.9 Å². The molecule has 2 aromatic rings. The molecule has 108 valence electrons. The number of primary amides is 1. The number of nitrogen functional groups attached to an aromatic ring is 1. The van der Waals surface area contributed by atoms with Crippen molar-refractivity contribution < 1.29 is 14.5 Å². The molecular formula is C12H11N5O4. The van der Waals surface area contributed by atoms with E-state index in [9.17, 15) is 19.7 Å². The zero-order valence-corrected chi connectivity index (χ0v) is 10.7. The van der Waals surface area contributed by atoms with E-state index in [-0.39, 0.29) is 29.3 Å². The maximum atomic E-state index is 11.2. The van der Waals surface area contributed by atoms with Crippen LogP contribution in [-0.4, -0.2) is 26.9 Å². The highest BCUT2D eigenvalue weighted by Gasteiger charge is 2.19. The summed E-state index contributed by atoms with van der Waals surface area (Å²) in [7, 11) is 0. The number of benzene rings is 1. The number of rotatable bonds is 5. The maximum absolute atomic E-state index is 11.2. The van der Waals surface area contributed by atoms with Crippen LogP contribution in [0.3, 0.4) is 0 Å². The molecule has 1 heterocycles. The first-order chi connectivity index (χ1) is 9.93. The lowest BCUT2D eigenvalue weighted by Gasteiger charge is -1.99. The van der Waals surface area contributed by atoms with Gasteiger partial charge in [-0.2, -0.15) is 5.10 Å². The molecule has 9 heteroatoms. The monoisotopic (exact) mass is 289 g/mol. The van der Waals surface area contributed by atoms with E-state index in [4.69, 9.17) is 11.5 Å². The number of nitrogens with two attached hydrogens (primary N) is 2. The molecule has 0 fully saturated rings. The van der Waals surface area contributed by atoms with Crippen LogP contribution in [0.25, 0.3) is 11.3 Å². The van der Waals surface area contributed by atoms with Crippen molar-refractivity contribution in [1.29, 1.82) is 0 Å². The minimum atomic E-state index is -0.674. The summed E-state index contributed by atoms with van der Waals surface area (Å²) in [4.78, 5) is 32.3. The number of carbonyl (C=O) groups excluding carboxylic acids is 2. The lowest BCUT2D eigenvalue weighted by atomic mass is 10.1. The van der Waals surface area contributed by atoms with E-state index in [1.165, 1.54) is 18.2 Å². The highest BCUT2D eigenvalue weighted by molar-refractivity contribution is 5.92. The molecule has 0 aliphatic carbocycles. The van der Waals surface area contributed by atoms with E-state index in [0.717, 1.165) is 4.68 Å². The van der Waals surface area contributed by atoms with Crippen LogP contribution in [0.15, 0.2) is 24.3 Å². The van der Waals surface area contributed by atoms with Crippen molar-refractivity contribution in [2.75, 3.05) is 5.73 Å². The molecule has 4 N–H and O–H groups in total. The van der Waals surface area contributed by atoms with Crippen molar-refractivity contribution >= 4 is 23.7 Å². The van der Waals surface area contributed by atoms with Crippen LogP contribution in [0, 0.1) is 10.1 Å². The highest BCUT2D eigenvalue weighted by Crippen LogP contribution is 2.28. The first kappa shape index (κ1) is 14.2. The number of hydrogen-bond acceptors (Lipinski definition) is 6. The second-order valence-electron chi connectivity index (χ2n) is 4.20. The quantitative estimate of drug-likeness (QED) is 0.460. The van der Waals surface area contributed by atoms with Crippen LogP contribution in [0.1, 0.15) is 10.4 Å². The zero-order chi connectivity index (χ0) is 15.6. The fraction of sp³-hybridized carbons (Fsp3) is 0.0833. The van der Waals surface area contributed by atoms with Gasteiger partial charge < -0.3 is 11.5 Å². The Hall–Kier alpha value is -3.23. The Balaban J connectivity index is 2.58. The largest absolute Gasteiger partial charge is 0.383 e. The first-order valence-corrected chi connectivity index (χ1v) is 5.78. The number of nitro groups is 1. The number of hydrogen-bond donors (Lipinski definition) is 2. The Morgan fingerprint density at radius 2 is 2.19 bits per heavy atom. The predicted molar refractivity (Wildman–Crippen MR) is 73.3 cm³/mol. The van der Waals surface area contributed by atoms with E-state index in [1.807, 2.05) is 0 Å². The summed E-state index contributed by atoms with van der Waals surface area (Å²) in [6, 6.07) is 5.60. The summed E-state index contributed by atoms with van der Waals surface area (Å²) in [6.07, 6.45) is 0.480. The molecule has 1 amide bonds. The molecule has 0 aliphatic rings. The van der Waals surface area contributed by atoms with Crippen molar-refractivity contribution in [2.24, 2.45) is 5.73 Å². The number of carbonyl (C=O) groups is 2. The Bertz CT molecular complexity index is 737. The zero-order valence-electron chi connectivity index (χ0n) is 10.7. The summed E-state index contributed by atoms with van der Waals surface area (Å²) in [6.45, 7) is -0.290. The van der Waals surface area contributed by atoms with Gasteiger partial charge >= 0.3 is 0 Å². The number of aromatic nitrogens is 2. The third-order valence-corrected chi connectivity index (χ3v) is 2.78. The SMILES string of the molecule is NC(=O)Cn1nc(-c2cccc([N+](=O)[O-])c2)c(C=O)c1N. The molecule has 0 saturated carbocycles. The van der Waals surface area contributed by atoms with Crippen molar-refractivity contribution in [2.45, 2.75) is 6.54 Å².